The summed E-state index contributed by atoms with van der Waals surface area (Å²) in [7, 11) is 0. The Morgan fingerprint density at radius 1 is 1.40 bits per heavy atom. The van der Waals surface area contributed by atoms with E-state index >= 15 is 0 Å². The molecule has 0 aliphatic heterocycles. The van der Waals surface area contributed by atoms with Crippen LogP contribution in [0.3, 0.4) is 0 Å². The third kappa shape index (κ3) is 2.99. The SMILES string of the molecule is CC(C)C(N)=Nc1c(F)cc(F)cc1Br. The maximum atomic E-state index is 13.3. The molecule has 1 aromatic rings. The van der Waals surface area contributed by atoms with Crippen LogP contribution in [0.25, 0.3) is 0 Å². The van der Waals surface area contributed by atoms with Crippen LogP contribution in [0, 0.1) is 17.6 Å². The minimum atomic E-state index is -0.731. The Balaban J connectivity index is 3.21. The molecule has 2 N–H and O–H groups in total. The van der Waals surface area contributed by atoms with Crippen LogP contribution in [0.2, 0.25) is 0 Å². The van der Waals surface area contributed by atoms with Crippen molar-refractivity contribution in [2.75, 3.05) is 0 Å². The molecule has 2 nitrogen and oxygen atoms in total. The molecule has 0 radical (unpaired) electrons. The summed E-state index contributed by atoms with van der Waals surface area (Å²) in [4.78, 5) is 3.90. The minimum Gasteiger partial charge on any atom is -0.387 e. The highest BCUT2D eigenvalue weighted by molar-refractivity contribution is 9.10. The van der Waals surface area contributed by atoms with Crippen molar-refractivity contribution in [3.63, 3.8) is 0 Å². The van der Waals surface area contributed by atoms with E-state index in [1.807, 2.05) is 13.8 Å². The second-order valence-electron chi connectivity index (χ2n) is 3.41. The van der Waals surface area contributed by atoms with Crippen molar-refractivity contribution in [1.82, 2.24) is 0 Å². The van der Waals surface area contributed by atoms with Gasteiger partial charge in [0.25, 0.3) is 0 Å². The molecule has 0 unspecified atom stereocenters. The topological polar surface area (TPSA) is 38.4 Å². The molecule has 0 amide bonds. The number of aliphatic imine (C=N–C) groups is 1. The predicted molar refractivity (Wildman–Crippen MR) is 60.2 cm³/mol. The minimum absolute atomic E-state index is 0.0151. The van der Waals surface area contributed by atoms with Gasteiger partial charge in [-0.15, -0.1) is 0 Å². The quantitative estimate of drug-likeness (QED) is 0.653. The van der Waals surface area contributed by atoms with Gasteiger partial charge >= 0.3 is 0 Å². The highest BCUT2D eigenvalue weighted by Gasteiger charge is 2.10. The summed E-state index contributed by atoms with van der Waals surface area (Å²) < 4.78 is 26.3. The molecule has 0 fully saturated rings. The Labute approximate surface area is 95.3 Å². The number of amidine groups is 1. The standard InChI is InChI=1S/C10H11BrF2N2/c1-5(2)10(14)15-9-7(11)3-6(12)4-8(9)13/h3-5H,1-2H3,(H2,14,15). The van der Waals surface area contributed by atoms with E-state index in [0.717, 1.165) is 12.1 Å². The third-order valence-electron chi connectivity index (χ3n) is 1.81. The molecule has 0 bridgehead atoms. The van der Waals surface area contributed by atoms with E-state index in [-0.39, 0.29) is 16.1 Å². The summed E-state index contributed by atoms with van der Waals surface area (Å²) in [5, 5.41) is 0. The predicted octanol–water partition coefficient (Wildman–Crippen LogP) is 3.37. The number of hydrogen-bond acceptors (Lipinski definition) is 1. The number of benzene rings is 1. The van der Waals surface area contributed by atoms with Crippen molar-refractivity contribution in [1.29, 1.82) is 0 Å². The largest absolute Gasteiger partial charge is 0.387 e. The summed E-state index contributed by atoms with van der Waals surface area (Å²) in [6, 6.07) is 1.92. The van der Waals surface area contributed by atoms with Crippen molar-refractivity contribution < 1.29 is 8.78 Å². The summed E-state index contributed by atoms with van der Waals surface area (Å²) in [6.07, 6.45) is 0. The van der Waals surface area contributed by atoms with Gasteiger partial charge < -0.3 is 5.73 Å². The van der Waals surface area contributed by atoms with Crippen LogP contribution in [-0.2, 0) is 0 Å². The maximum absolute atomic E-state index is 13.3. The van der Waals surface area contributed by atoms with E-state index in [0.29, 0.717) is 5.84 Å². The molecule has 0 saturated carbocycles. The zero-order valence-electron chi connectivity index (χ0n) is 8.39. The first-order valence-corrected chi connectivity index (χ1v) is 5.19. The fourth-order valence-corrected chi connectivity index (χ4v) is 1.40. The Bertz CT molecular complexity index is 379. The fourth-order valence-electron chi connectivity index (χ4n) is 0.900. The van der Waals surface area contributed by atoms with Gasteiger partial charge in [-0.1, -0.05) is 13.8 Å². The Kier molecular flexibility index (Phi) is 3.79. The summed E-state index contributed by atoms with van der Waals surface area (Å²) in [5.41, 5.74) is 5.62. The second-order valence-corrected chi connectivity index (χ2v) is 4.26. The van der Waals surface area contributed by atoms with Crippen LogP contribution in [0.1, 0.15) is 13.8 Å². The zero-order valence-corrected chi connectivity index (χ0v) is 9.98. The van der Waals surface area contributed by atoms with Gasteiger partial charge in [-0.3, -0.25) is 0 Å². The van der Waals surface area contributed by atoms with Crippen LogP contribution >= 0.6 is 15.9 Å². The van der Waals surface area contributed by atoms with Crippen LogP contribution in [0.5, 0.6) is 0 Å². The molecular formula is C10H11BrF2N2. The van der Waals surface area contributed by atoms with Gasteiger partial charge in [0.2, 0.25) is 0 Å². The molecule has 82 valence electrons. The molecule has 15 heavy (non-hydrogen) atoms. The molecule has 0 heterocycles. The third-order valence-corrected chi connectivity index (χ3v) is 2.42. The number of nitrogens with two attached hydrogens (primary N) is 1. The molecule has 0 saturated heterocycles. The molecule has 0 aliphatic carbocycles. The monoisotopic (exact) mass is 276 g/mol. The average molecular weight is 277 g/mol. The molecule has 0 aliphatic rings. The average Bonchev–Trinajstić information content (AvgIpc) is 2.10. The number of hydrogen-bond donors (Lipinski definition) is 1. The highest BCUT2D eigenvalue weighted by atomic mass is 79.9. The Hall–Kier alpha value is -0.970. The Morgan fingerprint density at radius 3 is 2.47 bits per heavy atom. The van der Waals surface area contributed by atoms with Crippen LogP contribution in [-0.4, -0.2) is 5.84 Å². The molecule has 1 rings (SSSR count). The molecule has 1 aromatic carbocycles. The maximum Gasteiger partial charge on any atom is 0.152 e. The summed E-state index contributed by atoms with van der Waals surface area (Å²) in [5.74, 6) is -1.06. The molecule has 0 aromatic heterocycles. The van der Waals surface area contributed by atoms with Crippen molar-refractivity contribution in [3.05, 3.63) is 28.2 Å². The van der Waals surface area contributed by atoms with Gasteiger partial charge in [0.15, 0.2) is 5.82 Å². The van der Waals surface area contributed by atoms with E-state index < -0.39 is 11.6 Å². The highest BCUT2D eigenvalue weighted by Crippen LogP contribution is 2.29. The lowest BCUT2D eigenvalue weighted by atomic mass is 10.2. The van der Waals surface area contributed by atoms with Gasteiger partial charge in [0.1, 0.15) is 17.3 Å². The number of nitrogens with zero attached hydrogens (tertiary/aromatic N) is 1. The molecule has 5 heteroatoms. The van der Waals surface area contributed by atoms with Crippen molar-refractivity contribution in [2.24, 2.45) is 16.6 Å². The molecular weight excluding hydrogens is 266 g/mol. The second kappa shape index (κ2) is 4.70. The van der Waals surface area contributed by atoms with Gasteiger partial charge in [0.05, 0.1) is 0 Å². The van der Waals surface area contributed by atoms with Crippen molar-refractivity contribution >= 4 is 27.5 Å². The number of rotatable bonds is 2. The van der Waals surface area contributed by atoms with Crippen molar-refractivity contribution in [3.8, 4) is 0 Å². The first kappa shape index (κ1) is 12.1. The van der Waals surface area contributed by atoms with Crippen LogP contribution in [0.15, 0.2) is 21.6 Å². The van der Waals surface area contributed by atoms with E-state index in [2.05, 4.69) is 20.9 Å². The van der Waals surface area contributed by atoms with Crippen molar-refractivity contribution in [2.45, 2.75) is 13.8 Å². The summed E-state index contributed by atoms with van der Waals surface area (Å²) >= 11 is 3.03. The van der Waals surface area contributed by atoms with Gasteiger partial charge in [-0.25, -0.2) is 13.8 Å². The van der Waals surface area contributed by atoms with Gasteiger partial charge in [0, 0.05) is 16.5 Å². The fraction of sp³-hybridized carbons (Fsp3) is 0.300. The lowest BCUT2D eigenvalue weighted by molar-refractivity contribution is 0.583. The smallest absolute Gasteiger partial charge is 0.152 e. The van der Waals surface area contributed by atoms with Gasteiger partial charge in [-0.2, -0.15) is 0 Å². The first-order valence-electron chi connectivity index (χ1n) is 4.40. The van der Waals surface area contributed by atoms with E-state index in [9.17, 15) is 8.78 Å². The summed E-state index contributed by atoms with van der Waals surface area (Å²) in [6.45, 7) is 3.68. The lowest BCUT2D eigenvalue weighted by Gasteiger charge is -2.06. The number of halogens is 3. The van der Waals surface area contributed by atoms with E-state index in [1.54, 1.807) is 0 Å². The Morgan fingerprint density at radius 2 is 2.00 bits per heavy atom. The lowest BCUT2D eigenvalue weighted by Crippen LogP contribution is -2.18. The normalized spacial score (nSPS) is 12.3. The van der Waals surface area contributed by atoms with E-state index in [4.69, 9.17) is 5.73 Å². The first-order chi connectivity index (χ1) is 6.91. The van der Waals surface area contributed by atoms with Crippen LogP contribution < -0.4 is 5.73 Å². The van der Waals surface area contributed by atoms with Gasteiger partial charge in [-0.05, 0) is 22.0 Å². The zero-order chi connectivity index (χ0) is 11.6. The molecule has 0 atom stereocenters. The molecule has 0 spiro atoms. The van der Waals surface area contributed by atoms with Crippen LogP contribution in [0.4, 0.5) is 14.5 Å². The van der Waals surface area contributed by atoms with E-state index in [1.165, 1.54) is 0 Å².